The fourth-order valence-corrected chi connectivity index (χ4v) is 4.35. The number of benzene rings is 2. The monoisotopic (exact) mass is 396 g/mol. The van der Waals surface area contributed by atoms with E-state index in [4.69, 9.17) is 4.74 Å². The molecule has 0 radical (unpaired) electrons. The molecule has 1 atom stereocenters. The lowest BCUT2D eigenvalue weighted by Gasteiger charge is -2.26. The normalized spacial score (nSPS) is 17.7. The molecule has 0 saturated carbocycles. The van der Waals surface area contributed by atoms with Gasteiger partial charge < -0.3 is 15.4 Å². The molecule has 2 aliphatic rings. The molecule has 1 unspecified atom stereocenters. The number of anilines is 1. The molecular weight excluding hydrogens is 376 g/mol. The Hall–Kier alpha value is -2.80. The highest BCUT2D eigenvalue weighted by molar-refractivity contribution is 8.00. The minimum atomic E-state index is -0.591. The van der Waals surface area contributed by atoms with E-state index in [0.29, 0.717) is 17.0 Å². The van der Waals surface area contributed by atoms with Gasteiger partial charge in [-0.05, 0) is 48.6 Å². The van der Waals surface area contributed by atoms with Gasteiger partial charge in [-0.25, -0.2) is 4.79 Å². The maximum absolute atomic E-state index is 12.3. The fraction of sp³-hybridized carbons (Fsp3) is 0.286. The largest absolute Gasteiger partial charge is 0.452 e. The summed E-state index contributed by atoms with van der Waals surface area (Å²) in [5.74, 6) is -0.653. The number of amides is 2. The summed E-state index contributed by atoms with van der Waals surface area (Å²) >= 11 is 1.42. The van der Waals surface area contributed by atoms with Gasteiger partial charge >= 0.3 is 5.97 Å². The van der Waals surface area contributed by atoms with E-state index >= 15 is 0 Å². The Kier molecular flexibility index (Phi) is 5.34. The maximum Gasteiger partial charge on any atom is 0.338 e. The van der Waals surface area contributed by atoms with E-state index in [0.717, 1.165) is 29.7 Å². The van der Waals surface area contributed by atoms with Gasteiger partial charge in [-0.15, -0.1) is 11.8 Å². The van der Waals surface area contributed by atoms with Crippen LogP contribution in [0.2, 0.25) is 0 Å². The fourth-order valence-electron chi connectivity index (χ4n) is 3.56. The lowest BCUT2D eigenvalue weighted by molar-refractivity contribution is -0.125. The molecule has 0 bridgehead atoms. The quantitative estimate of drug-likeness (QED) is 0.776. The van der Waals surface area contributed by atoms with Gasteiger partial charge in [0.1, 0.15) is 0 Å². The van der Waals surface area contributed by atoms with Crippen molar-refractivity contribution in [2.45, 2.75) is 30.2 Å². The number of thioether (sulfide) groups is 1. The van der Waals surface area contributed by atoms with Gasteiger partial charge in [0.05, 0.1) is 23.0 Å². The van der Waals surface area contributed by atoms with E-state index in [2.05, 4.69) is 16.7 Å². The van der Waals surface area contributed by atoms with Gasteiger partial charge in [0.2, 0.25) is 5.91 Å². The molecule has 6 nitrogen and oxygen atoms in total. The number of fused-ring (bicyclic) bond motifs is 2. The molecule has 0 spiro atoms. The van der Waals surface area contributed by atoms with Crippen LogP contribution in [0.1, 0.15) is 40.4 Å². The van der Waals surface area contributed by atoms with Crippen molar-refractivity contribution in [3.05, 3.63) is 59.2 Å². The molecule has 2 N–H and O–H groups in total. The summed E-state index contributed by atoms with van der Waals surface area (Å²) in [5, 5.41) is 5.70. The van der Waals surface area contributed by atoms with Gasteiger partial charge in [0.15, 0.2) is 6.61 Å². The number of ether oxygens (including phenoxy) is 1. The summed E-state index contributed by atoms with van der Waals surface area (Å²) in [5.41, 5.74) is 3.29. The van der Waals surface area contributed by atoms with E-state index in [-0.39, 0.29) is 24.5 Å². The van der Waals surface area contributed by atoms with E-state index in [9.17, 15) is 14.4 Å². The van der Waals surface area contributed by atoms with Crippen LogP contribution in [0.5, 0.6) is 0 Å². The van der Waals surface area contributed by atoms with Crippen molar-refractivity contribution < 1.29 is 19.1 Å². The first-order valence-corrected chi connectivity index (χ1v) is 10.2. The summed E-state index contributed by atoms with van der Waals surface area (Å²) in [6, 6.07) is 13.0. The maximum atomic E-state index is 12.3. The van der Waals surface area contributed by atoms with Crippen LogP contribution in [0.3, 0.4) is 0 Å². The van der Waals surface area contributed by atoms with Crippen molar-refractivity contribution in [1.82, 2.24) is 5.32 Å². The zero-order valence-corrected chi connectivity index (χ0v) is 16.0. The second-order valence-corrected chi connectivity index (χ2v) is 7.85. The predicted molar refractivity (Wildman–Crippen MR) is 106 cm³/mol. The third-order valence-corrected chi connectivity index (χ3v) is 5.96. The summed E-state index contributed by atoms with van der Waals surface area (Å²) < 4.78 is 5.17. The highest BCUT2D eigenvalue weighted by atomic mass is 32.2. The molecule has 7 heteroatoms. The molecule has 1 aliphatic carbocycles. The first-order valence-electron chi connectivity index (χ1n) is 9.21. The van der Waals surface area contributed by atoms with Crippen LogP contribution in [0, 0.1) is 0 Å². The Balaban J connectivity index is 1.35. The van der Waals surface area contributed by atoms with E-state index in [1.807, 2.05) is 18.2 Å². The Morgan fingerprint density at radius 3 is 2.96 bits per heavy atom. The van der Waals surface area contributed by atoms with Crippen molar-refractivity contribution in [3.63, 3.8) is 0 Å². The van der Waals surface area contributed by atoms with Crippen LogP contribution in [-0.2, 0) is 20.7 Å². The van der Waals surface area contributed by atoms with Crippen molar-refractivity contribution in [1.29, 1.82) is 0 Å². The molecule has 2 amide bonds. The van der Waals surface area contributed by atoms with Gasteiger partial charge in [0.25, 0.3) is 5.91 Å². The van der Waals surface area contributed by atoms with E-state index < -0.39 is 5.97 Å². The molecule has 2 aromatic carbocycles. The van der Waals surface area contributed by atoms with Crippen molar-refractivity contribution >= 4 is 35.2 Å². The molecule has 1 heterocycles. The van der Waals surface area contributed by atoms with Crippen molar-refractivity contribution in [2.75, 3.05) is 17.7 Å². The Morgan fingerprint density at radius 1 is 1.21 bits per heavy atom. The Morgan fingerprint density at radius 2 is 2.07 bits per heavy atom. The minimum Gasteiger partial charge on any atom is -0.452 e. The number of carbonyl (C=O) groups is 3. The molecular formula is C21H20N2O4S. The van der Waals surface area contributed by atoms with Gasteiger partial charge in [-0.1, -0.05) is 24.3 Å². The summed E-state index contributed by atoms with van der Waals surface area (Å²) in [7, 11) is 0. The summed E-state index contributed by atoms with van der Waals surface area (Å²) in [4.78, 5) is 37.0. The third kappa shape index (κ3) is 4.04. The van der Waals surface area contributed by atoms with Gasteiger partial charge in [0, 0.05) is 4.90 Å². The molecule has 28 heavy (non-hydrogen) atoms. The SMILES string of the molecule is O=C1CSc2ccc(C(=O)OCC(=O)NC3CCCc4ccccc43)cc2N1. The molecule has 0 fully saturated rings. The van der Waals surface area contributed by atoms with E-state index in [1.54, 1.807) is 18.2 Å². The van der Waals surface area contributed by atoms with Crippen LogP contribution in [0.4, 0.5) is 5.69 Å². The second-order valence-electron chi connectivity index (χ2n) is 6.84. The van der Waals surface area contributed by atoms with Crippen LogP contribution >= 0.6 is 11.8 Å². The second kappa shape index (κ2) is 8.06. The first kappa shape index (κ1) is 18.6. The van der Waals surface area contributed by atoms with E-state index in [1.165, 1.54) is 17.3 Å². The van der Waals surface area contributed by atoms with Crippen LogP contribution < -0.4 is 10.6 Å². The number of aryl methyl sites for hydroxylation is 1. The molecule has 0 aromatic heterocycles. The summed E-state index contributed by atoms with van der Waals surface area (Å²) in [6.45, 7) is -0.338. The predicted octanol–water partition coefficient (Wildman–Crippen LogP) is 3.08. The number of carbonyl (C=O) groups excluding carboxylic acids is 3. The minimum absolute atomic E-state index is 0.0490. The van der Waals surface area contributed by atoms with Crippen molar-refractivity contribution in [3.8, 4) is 0 Å². The number of hydrogen-bond donors (Lipinski definition) is 2. The van der Waals surface area contributed by atoms with Crippen molar-refractivity contribution in [2.24, 2.45) is 0 Å². The summed E-state index contributed by atoms with van der Waals surface area (Å²) in [6.07, 6.45) is 2.91. The number of rotatable bonds is 4. The topological polar surface area (TPSA) is 84.5 Å². The average Bonchev–Trinajstić information content (AvgIpc) is 2.71. The average molecular weight is 396 g/mol. The first-order chi connectivity index (χ1) is 13.6. The number of nitrogens with one attached hydrogen (secondary N) is 2. The third-order valence-electron chi connectivity index (χ3n) is 4.89. The highest BCUT2D eigenvalue weighted by Gasteiger charge is 2.22. The highest BCUT2D eigenvalue weighted by Crippen LogP contribution is 2.32. The Labute approximate surface area is 167 Å². The lowest BCUT2D eigenvalue weighted by atomic mass is 9.88. The zero-order chi connectivity index (χ0) is 19.5. The smallest absolute Gasteiger partial charge is 0.338 e. The standard InChI is InChI=1S/C21H20N2O4S/c24-19(22-16-7-3-5-13-4-1-2-6-15(13)16)11-27-21(26)14-8-9-18-17(10-14)23-20(25)12-28-18/h1-2,4,6,8-10,16H,3,5,7,11-12H2,(H,22,24)(H,23,25). The molecule has 1 aliphatic heterocycles. The zero-order valence-electron chi connectivity index (χ0n) is 15.2. The van der Waals surface area contributed by atoms with Crippen LogP contribution in [-0.4, -0.2) is 30.1 Å². The Bertz CT molecular complexity index is 944. The van der Waals surface area contributed by atoms with Gasteiger partial charge in [-0.3, -0.25) is 9.59 Å². The van der Waals surface area contributed by atoms with Crippen LogP contribution in [0.25, 0.3) is 0 Å². The van der Waals surface area contributed by atoms with Gasteiger partial charge in [-0.2, -0.15) is 0 Å². The molecule has 2 aromatic rings. The number of esters is 1. The molecule has 4 rings (SSSR count). The lowest BCUT2D eigenvalue weighted by Crippen LogP contribution is -2.34. The molecule has 144 valence electrons. The van der Waals surface area contributed by atoms with Crippen LogP contribution in [0.15, 0.2) is 47.4 Å². The molecule has 0 saturated heterocycles. The number of hydrogen-bond acceptors (Lipinski definition) is 5.